The first kappa shape index (κ1) is 13.9. The van der Waals surface area contributed by atoms with Crippen LogP contribution >= 0.6 is 0 Å². The van der Waals surface area contributed by atoms with E-state index >= 15 is 0 Å². The standard InChI is InChI=1S/C13H28N2O/c1-3-5-10-16-11-9-15-8-6-7-13(12-15)14-4-2/h13-14H,3-12H2,1-2H3. The van der Waals surface area contributed by atoms with E-state index in [1.165, 1.54) is 38.8 Å². The van der Waals surface area contributed by atoms with E-state index < -0.39 is 0 Å². The lowest BCUT2D eigenvalue weighted by atomic mass is 10.1. The Hall–Kier alpha value is -0.120. The third-order valence-electron chi connectivity index (χ3n) is 3.19. The first-order valence-electron chi connectivity index (χ1n) is 6.90. The Balaban J connectivity index is 2.02. The van der Waals surface area contributed by atoms with Crippen LogP contribution in [-0.2, 0) is 4.74 Å². The number of rotatable bonds is 8. The average molecular weight is 228 g/mol. The van der Waals surface area contributed by atoms with E-state index in [1.54, 1.807) is 0 Å². The fraction of sp³-hybridized carbons (Fsp3) is 1.00. The molecule has 0 aromatic rings. The first-order chi connectivity index (χ1) is 7.86. The second kappa shape index (κ2) is 8.97. The van der Waals surface area contributed by atoms with Gasteiger partial charge >= 0.3 is 0 Å². The van der Waals surface area contributed by atoms with Gasteiger partial charge in [-0.15, -0.1) is 0 Å². The van der Waals surface area contributed by atoms with Gasteiger partial charge in [0, 0.05) is 25.7 Å². The number of likely N-dealkylation sites (tertiary alicyclic amines) is 1. The largest absolute Gasteiger partial charge is 0.380 e. The topological polar surface area (TPSA) is 24.5 Å². The van der Waals surface area contributed by atoms with Gasteiger partial charge in [-0.05, 0) is 32.4 Å². The molecule has 0 aromatic heterocycles. The molecular formula is C13H28N2O. The predicted molar refractivity (Wildman–Crippen MR) is 68.9 cm³/mol. The van der Waals surface area contributed by atoms with E-state index in [2.05, 4.69) is 24.1 Å². The molecule has 0 spiro atoms. The van der Waals surface area contributed by atoms with Crippen LogP contribution in [0.5, 0.6) is 0 Å². The molecule has 1 aliphatic rings. The Morgan fingerprint density at radius 2 is 2.19 bits per heavy atom. The van der Waals surface area contributed by atoms with Gasteiger partial charge < -0.3 is 10.1 Å². The molecule has 1 atom stereocenters. The van der Waals surface area contributed by atoms with E-state index in [-0.39, 0.29) is 0 Å². The van der Waals surface area contributed by atoms with Gasteiger partial charge in [0.25, 0.3) is 0 Å². The Morgan fingerprint density at radius 3 is 2.94 bits per heavy atom. The van der Waals surface area contributed by atoms with Gasteiger partial charge in [0.1, 0.15) is 0 Å². The molecule has 16 heavy (non-hydrogen) atoms. The molecule has 1 rings (SSSR count). The van der Waals surface area contributed by atoms with Crippen LogP contribution in [0.4, 0.5) is 0 Å². The number of hydrogen-bond donors (Lipinski definition) is 1. The van der Waals surface area contributed by atoms with Crippen molar-refractivity contribution in [2.45, 2.75) is 45.6 Å². The second-order valence-electron chi connectivity index (χ2n) is 4.66. The lowest BCUT2D eigenvalue weighted by molar-refractivity contribution is 0.0883. The van der Waals surface area contributed by atoms with Gasteiger partial charge in [-0.3, -0.25) is 4.90 Å². The monoisotopic (exact) mass is 228 g/mol. The molecule has 1 saturated heterocycles. The summed E-state index contributed by atoms with van der Waals surface area (Å²) in [6, 6.07) is 0.703. The van der Waals surface area contributed by atoms with Crippen LogP contribution in [0.1, 0.15) is 39.5 Å². The molecule has 0 radical (unpaired) electrons. The van der Waals surface area contributed by atoms with Crippen molar-refractivity contribution in [3.63, 3.8) is 0 Å². The van der Waals surface area contributed by atoms with E-state index in [0.29, 0.717) is 6.04 Å². The van der Waals surface area contributed by atoms with Crippen molar-refractivity contribution in [1.82, 2.24) is 10.2 Å². The minimum atomic E-state index is 0.703. The molecule has 0 saturated carbocycles. The summed E-state index contributed by atoms with van der Waals surface area (Å²) in [5.74, 6) is 0. The van der Waals surface area contributed by atoms with Gasteiger partial charge in [-0.2, -0.15) is 0 Å². The van der Waals surface area contributed by atoms with Crippen molar-refractivity contribution >= 4 is 0 Å². The van der Waals surface area contributed by atoms with Crippen LogP contribution in [0, 0.1) is 0 Å². The molecule has 1 unspecified atom stereocenters. The summed E-state index contributed by atoms with van der Waals surface area (Å²) in [5.41, 5.74) is 0. The minimum Gasteiger partial charge on any atom is -0.380 e. The third kappa shape index (κ3) is 5.83. The zero-order valence-corrected chi connectivity index (χ0v) is 11.0. The van der Waals surface area contributed by atoms with Crippen LogP contribution in [-0.4, -0.2) is 50.3 Å². The summed E-state index contributed by atoms with van der Waals surface area (Å²) < 4.78 is 5.61. The molecule has 1 aliphatic heterocycles. The Labute approximate surface area is 101 Å². The quantitative estimate of drug-likeness (QED) is 0.642. The zero-order valence-electron chi connectivity index (χ0n) is 11.0. The number of unbranched alkanes of at least 4 members (excludes halogenated alkanes) is 1. The number of ether oxygens (including phenoxy) is 1. The van der Waals surface area contributed by atoms with Crippen molar-refractivity contribution in [1.29, 1.82) is 0 Å². The summed E-state index contributed by atoms with van der Waals surface area (Å²) in [6.07, 6.45) is 5.08. The number of piperidine rings is 1. The fourth-order valence-corrected chi connectivity index (χ4v) is 2.26. The summed E-state index contributed by atoms with van der Waals surface area (Å²) >= 11 is 0. The molecule has 96 valence electrons. The van der Waals surface area contributed by atoms with Crippen molar-refractivity contribution in [3.05, 3.63) is 0 Å². The molecule has 1 heterocycles. The van der Waals surface area contributed by atoms with Gasteiger partial charge in [0.05, 0.1) is 6.61 Å². The lowest BCUT2D eigenvalue weighted by Gasteiger charge is -2.32. The van der Waals surface area contributed by atoms with Crippen molar-refractivity contribution in [2.24, 2.45) is 0 Å². The molecule has 0 aliphatic carbocycles. The molecular weight excluding hydrogens is 200 g/mol. The van der Waals surface area contributed by atoms with Crippen molar-refractivity contribution in [3.8, 4) is 0 Å². The van der Waals surface area contributed by atoms with Crippen LogP contribution in [0.2, 0.25) is 0 Å². The maximum Gasteiger partial charge on any atom is 0.0593 e. The SMILES string of the molecule is CCCCOCCN1CCCC(NCC)C1. The lowest BCUT2D eigenvalue weighted by Crippen LogP contribution is -2.46. The summed E-state index contributed by atoms with van der Waals surface area (Å²) in [6.45, 7) is 10.9. The van der Waals surface area contributed by atoms with Crippen LogP contribution in [0.15, 0.2) is 0 Å². The minimum absolute atomic E-state index is 0.703. The van der Waals surface area contributed by atoms with Crippen LogP contribution in [0.25, 0.3) is 0 Å². The highest BCUT2D eigenvalue weighted by molar-refractivity contribution is 4.77. The third-order valence-corrected chi connectivity index (χ3v) is 3.19. The van der Waals surface area contributed by atoms with E-state index in [4.69, 9.17) is 4.74 Å². The highest BCUT2D eigenvalue weighted by Gasteiger charge is 2.18. The maximum atomic E-state index is 5.61. The maximum absolute atomic E-state index is 5.61. The number of likely N-dealkylation sites (N-methyl/N-ethyl adjacent to an activating group) is 1. The van der Waals surface area contributed by atoms with E-state index in [9.17, 15) is 0 Å². The zero-order chi connectivity index (χ0) is 11.6. The van der Waals surface area contributed by atoms with Crippen LogP contribution in [0.3, 0.4) is 0 Å². The smallest absolute Gasteiger partial charge is 0.0593 e. The molecule has 0 aromatic carbocycles. The Morgan fingerprint density at radius 1 is 1.31 bits per heavy atom. The Kier molecular flexibility index (Phi) is 7.81. The molecule has 3 nitrogen and oxygen atoms in total. The fourth-order valence-electron chi connectivity index (χ4n) is 2.26. The van der Waals surface area contributed by atoms with E-state index in [0.717, 1.165) is 26.3 Å². The highest BCUT2D eigenvalue weighted by atomic mass is 16.5. The Bertz CT molecular complexity index is 162. The molecule has 1 N–H and O–H groups in total. The van der Waals surface area contributed by atoms with Gasteiger partial charge in [-0.25, -0.2) is 0 Å². The predicted octanol–water partition coefficient (Wildman–Crippen LogP) is 1.88. The average Bonchev–Trinajstić information content (AvgIpc) is 2.30. The first-order valence-corrected chi connectivity index (χ1v) is 6.90. The highest BCUT2D eigenvalue weighted by Crippen LogP contribution is 2.09. The van der Waals surface area contributed by atoms with E-state index in [1.807, 2.05) is 0 Å². The van der Waals surface area contributed by atoms with Crippen molar-refractivity contribution < 1.29 is 4.74 Å². The number of nitrogens with one attached hydrogen (secondary N) is 1. The number of nitrogens with zero attached hydrogens (tertiary/aromatic N) is 1. The van der Waals surface area contributed by atoms with Gasteiger partial charge in [-0.1, -0.05) is 20.3 Å². The van der Waals surface area contributed by atoms with Crippen molar-refractivity contribution in [2.75, 3.05) is 39.4 Å². The summed E-state index contributed by atoms with van der Waals surface area (Å²) in [4.78, 5) is 2.53. The van der Waals surface area contributed by atoms with Gasteiger partial charge in [0.2, 0.25) is 0 Å². The number of hydrogen-bond acceptors (Lipinski definition) is 3. The second-order valence-corrected chi connectivity index (χ2v) is 4.66. The summed E-state index contributed by atoms with van der Waals surface area (Å²) in [7, 11) is 0. The molecule has 3 heteroatoms. The molecule has 1 fully saturated rings. The normalized spacial score (nSPS) is 22.5. The van der Waals surface area contributed by atoms with Gasteiger partial charge in [0.15, 0.2) is 0 Å². The molecule has 0 amide bonds. The summed E-state index contributed by atoms with van der Waals surface area (Å²) in [5, 5.41) is 3.54. The molecule has 0 bridgehead atoms. The van der Waals surface area contributed by atoms with Crippen LogP contribution < -0.4 is 5.32 Å².